The molecule has 0 unspecified atom stereocenters. The smallest absolute Gasteiger partial charge is 0.238 e. The minimum absolute atomic E-state index is 0.0809. The van der Waals surface area contributed by atoms with Gasteiger partial charge in [-0.2, -0.15) is 0 Å². The summed E-state index contributed by atoms with van der Waals surface area (Å²) in [4.78, 5) is 26.2. The number of carbonyl (C=O) groups is 2. The zero-order chi connectivity index (χ0) is 22.1. The lowest BCUT2D eigenvalue weighted by Crippen LogP contribution is -2.32. The fourth-order valence-corrected chi connectivity index (χ4v) is 2.87. The van der Waals surface area contributed by atoms with Crippen LogP contribution >= 0.6 is 0 Å². The van der Waals surface area contributed by atoms with Crippen molar-refractivity contribution >= 4 is 23.2 Å². The summed E-state index contributed by atoms with van der Waals surface area (Å²) in [5, 5.41) is 5.49. The van der Waals surface area contributed by atoms with Gasteiger partial charge >= 0.3 is 0 Å². The van der Waals surface area contributed by atoms with Gasteiger partial charge < -0.3 is 15.4 Å². The van der Waals surface area contributed by atoms with Gasteiger partial charge in [-0.3, -0.25) is 14.5 Å². The molecule has 3 rings (SSSR count). The van der Waals surface area contributed by atoms with Gasteiger partial charge in [0.25, 0.3) is 0 Å². The van der Waals surface area contributed by atoms with E-state index in [1.165, 1.54) is 18.2 Å². The molecule has 2 N–H and O–H groups in total. The monoisotopic (exact) mass is 421 g/mol. The van der Waals surface area contributed by atoms with E-state index < -0.39 is 5.82 Å². The molecule has 0 spiro atoms. The largest absolute Gasteiger partial charge is 0.455 e. The Kier molecular flexibility index (Phi) is 7.73. The van der Waals surface area contributed by atoms with Crippen molar-refractivity contribution in [3.05, 3.63) is 84.7 Å². The van der Waals surface area contributed by atoms with E-state index in [9.17, 15) is 14.0 Å². The number of hydrogen-bond acceptors (Lipinski definition) is 4. The van der Waals surface area contributed by atoms with Crippen molar-refractivity contribution in [3.63, 3.8) is 0 Å². The molecule has 0 aliphatic carbocycles. The van der Waals surface area contributed by atoms with E-state index in [1.54, 1.807) is 30.1 Å². The maximum absolute atomic E-state index is 13.2. The van der Waals surface area contributed by atoms with E-state index in [0.717, 1.165) is 0 Å². The summed E-state index contributed by atoms with van der Waals surface area (Å²) in [5.41, 5.74) is 0.967. The van der Waals surface area contributed by atoms with Gasteiger partial charge in [0.05, 0.1) is 12.2 Å². The number of ether oxygens (including phenoxy) is 1. The predicted octanol–water partition coefficient (Wildman–Crippen LogP) is 4.52. The van der Waals surface area contributed by atoms with Crippen LogP contribution in [0.3, 0.4) is 0 Å². The average molecular weight is 421 g/mol. The summed E-state index contributed by atoms with van der Waals surface area (Å²) in [6.45, 7) is 0.460. The van der Waals surface area contributed by atoms with Crippen LogP contribution in [0, 0.1) is 5.82 Å². The first-order valence-electron chi connectivity index (χ1n) is 9.85. The third-order valence-electron chi connectivity index (χ3n) is 4.37. The van der Waals surface area contributed by atoms with Crippen LogP contribution in [0.2, 0.25) is 0 Å². The van der Waals surface area contributed by atoms with E-state index in [2.05, 4.69) is 10.6 Å². The minimum Gasteiger partial charge on any atom is -0.455 e. The second kappa shape index (κ2) is 10.9. The maximum Gasteiger partial charge on any atom is 0.238 e. The normalized spacial score (nSPS) is 10.5. The van der Waals surface area contributed by atoms with Crippen LogP contribution in [0.25, 0.3) is 0 Å². The average Bonchev–Trinajstić information content (AvgIpc) is 2.74. The Bertz CT molecular complexity index is 1030. The van der Waals surface area contributed by atoms with Gasteiger partial charge in [-0.25, -0.2) is 4.39 Å². The first-order valence-corrected chi connectivity index (χ1v) is 9.85. The number of halogens is 1. The number of nitrogens with zero attached hydrogens (tertiary/aromatic N) is 1. The first kappa shape index (κ1) is 22.0. The van der Waals surface area contributed by atoms with E-state index >= 15 is 0 Å². The van der Waals surface area contributed by atoms with Crippen molar-refractivity contribution < 1.29 is 18.7 Å². The number of benzene rings is 3. The number of para-hydroxylation sites is 3. The number of hydrogen-bond donors (Lipinski definition) is 2. The molecule has 0 saturated carbocycles. The molecule has 7 heteroatoms. The molecule has 3 aromatic carbocycles. The quantitative estimate of drug-likeness (QED) is 0.533. The second-order valence-electron chi connectivity index (χ2n) is 7.01. The summed E-state index contributed by atoms with van der Waals surface area (Å²) >= 11 is 0. The highest BCUT2D eigenvalue weighted by atomic mass is 19.1. The molecule has 0 aliphatic heterocycles. The number of amides is 2. The highest BCUT2D eigenvalue weighted by molar-refractivity contribution is 5.93. The van der Waals surface area contributed by atoms with Gasteiger partial charge in [-0.1, -0.05) is 36.4 Å². The van der Waals surface area contributed by atoms with Crippen LogP contribution in [0.5, 0.6) is 11.5 Å². The number of nitrogens with one attached hydrogen (secondary N) is 2. The molecule has 2 amide bonds. The summed E-state index contributed by atoms with van der Waals surface area (Å²) in [7, 11) is 1.74. The van der Waals surface area contributed by atoms with Gasteiger partial charge in [-0.05, 0) is 49.5 Å². The number of anilines is 2. The first-order chi connectivity index (χ1) is 15.0. The standard InChI is InChI=1S/C24H24FN3O3/c1-28(17-24(30)26-19-9-7-8-18(25)16-19)15-14-23(29)27-21-12-5-6-13-22(21)31-20-10-3-2-4-11-20/h2-13,16H,14-15,17H2,1H3,(H,26,30)(H,27,29). The molecule has 0 bridgehead atoms. The Morgan fingerprint density at radius 3 is 2.42 bits per heavy atom. The summed E-state index contributed by atoms with van der Waals surface area (Å²) < 4.78 is 19.1. The van der Waals surface area contributed by atoms with E-state index in [1.807, 2.05) is 42.5 Å². The van der Waals surface area contributed by atoms with E-state index in [0.29, 0.717) is 29.4 Å². The molecular weight excluding hydrogens is 397 g/mol. The van der Waals surface area contributed by atoms with Crippen molar-refractivity contribution in [1.29, 1.82) is 0 Å². The van der Waals surface area contributed by atoms with Crippen LogP contribution in [-0.2, 0) is 9.59 Å². The van der Waals surface area contributed by atoms with Crippen LogP contribution in [0.15, 0.2) is 78.9 Å². The molecule has 0 aliphatic rings. The molecule has 0 atom stereocenters. The van der Waals surface area contributed by atoms with Gasteiger partial charge in [0.15, 0.2) is 5.75 Å². The maximum atomic E-state index is 13.2. The summed E-state index contributed by atoms with van der Waals surface area (Å²) in [5.74, 6) is 0.328. The fourth-order valence-electron chi connectivity index (χ4n) is 2.87. The summed E-state index contributed by atoms with van der Waals surface area (Å²) in [6.07, 6.45) is 0.198. The fraction of sp³-hybridized carbons (Fsp3) is 0.167. The molecule has 0 saturated heterocycles. The Labute approximate surface area is 180 Å². The Morgan fingerprint density at radius 1 is 0.903 bits per heavy atom. The number of rotatable bonds is 9. The lowest BCUT2D eigenvalue weighted by atomic mass is 10.2. The van der Waals surface area contributed by atoms with Crippen molar-refractivity contribution in [2.45, 2.75) is 6.42 Å². The second-order valence-corrected chi connectivity index (χ2v) is 7.01. The number of likely N-dealkylation sites (N-methyl/N-ethyl adjacent to an activating group) is 1. The molecule has 3 aromatic rings. The molecule has 6 nitrogen and oxygen atoms in total. The molecular formula is C24H24FN3O3. The lowest BCUT2D eigenvalue weighted by Gasteiger charge is -2.17. The molecule has 0 fully saturated rings. The van der Waals surface area contributed by atoms with Crippen LogP contribution in [-0.4, -0.2) is 36.9 Å². The van der Waals surface area contributed by atoms with Crippen LogP contribution in [0.4, 0.5) is 15.8 Å². The van der Waals surface area contributed by atoms with E-state index in [-0.39, 0.29) is 24.8 Å². The van der Waals surface area contributed by atoms with E-state index in [4.69, 9.17) is 4.74 Å². The molecule has 0 heterocycles. The van der Waals surface area contributed by atoms with Gasteiger partial charge in [0.1, 0.15) is 11.6 Å². The van der Waals surface area contributed by atoms with Crippen LogP contribution < -0.4 is 15.4 Å². The van der Waals surface area contributed by atoms with Crippen molar-refractivity contribution in [1.82, 2.24) is 4.90 Å². The van der Waals surface area contributed by atoms with Crippen molar-refractivity contribution in [2.75, 3.05) is 30.8 Å². The third-order valence-corrected chi connectivity index (χ3v) is 4.37. The van der Waals surface area contributed by atoms with Gasteiger partial charge in [0, 0.05) is 18.7 Å². The Morgan fingerprint density at radius 2 is 1.65 bits per heavy atom. The predicted molar refractivity (Wildman–Crippen MR) is 119 cm³/mol. The molecule has 160 valence electrons. The van der Waals surface area contributed by atoms with Crippen molar-refractivity contribution in [2.24, 2.45) is 0 Å². The lowest BCUT2D eigenvalue weighted by molar-refractivity contribution is -0.119. The SMILES string of the molecule is CN(CCC(=O)Nc1ccccc1Oc1ccccc1)CC(=O)Nc1cccc(F)c1. The van der Waals surface area contributed by atoms with Crippen LogP contribution in [0.1, 0.15) is 6.42 Å². The molecule has 0 radical (unpaired) electrons. The highest BCUT2D eigenvalue weighted by Gasteiger charge is 2.12. The Balaban J connectivity index is 1.47. The molecule has 0 aromatic heterocycles. The Hall–Kier alpha value is -3.71. The zero-order valence-electron chi connectivity index (χ0n) is 17.2. The number of carbonyl (C=O) groups excluding carboxylic acids is 2. The topological polar surface area (TPSA) is 70.7 Å². The summed E-state index contributed by atoms with van der Waals surface area (Å²) in [6, 6.07) is 22.2. The molecule has 31 heavy (non-hydrogen) atoms. The minimum atomic E-state index is -0.417. The zero-order valence-corrected chi connectivity index (χ0v) is 17.2. The third kappa shape index (κ3) is 7.24. The highest BCUT2D eigenvalue weighted by Crippen LogP contribution is 2.29. The van der Waals surface area contributed by atoms with Gasteiger partial charge in [-0.15, -0.1) is 0 Å². The van der Waals surface area contributed by atoms with Crippen molar-refractivity contribution in [3.8, 4) is 11.5 Å². The van der Waals surface area contributed by atoms with Gasteiger partial charge in [0.2, 0.25) is 11.8 Å².